The average Bonchev–Trinajstić information content (AvgIpc) is 3.58. The predicted molar refractivity (Wildman–Crippen MR) is 154 cm³/mol. The summed E-state index contributed by atoms with van der Waals surface area (Å²) in [6.07, 6.45) is 3.19. The smallest absolute Gasteiger partial charge is 0.280 e. The van der Waals surface area contributed by atoms with Crippen molar-refractivity contribution in [3.8, 4) is 0 Å². The summed E-state index contributed by atoms with van der Waals surface area (Å²) in [6.45, 7) is 6.55. The number of carbonyl (C=O) groups excluding carboxylic acids is 3. The fourth-order valence-electron chi connectivity index (χ4n) is 8.33. The number of carbonyl (C=O) groups is 3. The molecule has 41 heavy (non-hydrogen) atoms. The highest BCUT2D eigenvalue weighted by Gasteiger charge is 2.70. The lowest BCUT2D eigenvalue weighted by molar-refractivity contribution is -0.315. The molecule has 10 nitrogen and oxygen atoms in total. The van der Waals surface area contributed by atoms with Gasteiger partial charge in [0, 0.05) is 36.0 Å². The molecule has 0 radical (unpaired) electrons. The number of likely N-dealkylation sites (N-methyl/N-ethyl adjacent to an activating group) is 1. The van der Waals surface area contributed by atoms with Crippen molar-refractivity contribution in [3.63, 3.8) is 0 Å². The minimum Gasteiger partial charge on any atom is -0.349 e. The van der Waals surface area contributed by atoms with Crippen LogP contribution in [0.5, 0.6) is 0 Å². The molecule has 3 N–H and O–H groups in total. The van der Waals surface area contributed by atoms with Gasteiger partial charge in [0.2, 0.25) is 17.5 Å². The molecule has 0 bridgehead atoms. The molecule has 3 amide bonds. The van der Waals surface area contributed by atoms with Crippen molar-refractivity contribution in [3.05, 3.63) is 33.9 Å². The van der Waals surface area contributed by atoms with Crippen molar-refractivity contribution in [1.29, 1.82) is 0 Å². The van der Waals surface area contributed by atoms with Crippen molar-refractivity contribution in [1.82, 2.24) is 25.0 Å². The van der Waals surface area contributed by atoms with Crippen molar-refractivity contribution >= 4 is 44.6 Å². The quantitative estimate of drug-likeness (QED) is 0.480. The van der Waals surface area contributed by atoms with E-state index in [1.165, 1.54) is 28.3 Å². The predicted octanol–water partition coefficient (Wildman–Crippen LogP) is 2.65. The number of fused-ring (bicyclic) bond motifs is 5. The van der Waals surface area contributed by atoms with Crippen LogP contribution in [-0.2, 0) is 25.5 Å². The third-order valence-electron chi connectivity index (χ3n) is 10.1. The molecule has 0 spiro atoms. The lowest BCUT2D eigenvalue weighted by atomic mass is 9.72. The van der Waals surface area contributed by atoms with E-state index >= 15 is 0 Å². The lowest BCUT2D eigenvalue weighted by Gasteiger charge is -2.49. The summed E-state index contributed by atoms with van der Waals surface area (Å²) in [5.41, 5.74) is 1.83. The Kier molecular flexibility index (Phi) is 6.18. The van der Waals surface area contributed by atoms with Gasteiger partial charge >= 0.3 is 0 Å². The number of hydrogen-bond donors (Lipinski definition) is 3. The highest BCUT2D eigenvalue weighted by Crippen LogP contribution is 2.48. The van der Waals surface area contributed by atoms with Gasteiger partial charge in [0.15, 0.2) is 0 Å². The summed E-state index contributed by atoms with van der Waals surface area (Å²) >= 11 is 3.71. The number of H-pyrrole nitrogens is 1. The Morgan fingerprint density at radius 2 is 2.10 bits per heavy atom. The van der Waals surface area contributed by atoms with E-state index in [0.29, 0.717) is 32.4 Å². The summed E-state index contributed by atoms with van der Waals surface area (Å²) in [6, 6.07) is 5.07. The maximum atomic E-state index is 14.0. The number of nitrogens with zero attached hydrogens (tertiary/aromatic N) is 3. The fraction of sp³-hybridized carbons (Fsp3) is 0.633. The SMILES string of the molecule is CC(C)C[C@H]1C(=O)N2CCC[C@H]2[C@]2(O)OC(C)(NC(=O)[C@@H]3C[C@@H]4c5cccc6[nH]c(Br)c(c56)C[C@H]4N(C)C3)C(=O)N12. The van der Waals surface area contributed by atoms with Gasteiger partial charge in [0.25, 0.3) is 11.8 Å². The van der Waals surface area contributed by atoms with Crippen molar-refractivity contribution < 1.29 is 24.2 Å². The number of rotatable bonds is 4. The number of piperazine rings is 1. The summed E-state index contributed by atoms with van der Waals surface area (Å²) in [5, 5.41) is 16.1. The van der Waals surface area contributed by atoms with Crippen LogP contribution in [0.2, 0.25) is 0 Å². The van der Waals surface area contributed by atoms with Gasteiger partial charge in [-0.1, -0.05) is 26.0 Å². The largest absolute Gasteiger partial charge is 0.349 e. The first kappa shape index (κ1) is 27.4. The van der Waals surface area contributed by atoms with Gasteiger partial charge in [-0.25, -0.2) is 0 Å². The van der Waals surface area contributed by atoms with Gasteiger partial charge in [-0.3, -0.25) is 24.0 Å². The Hall–Kier alpha value is -2.47. The summed E-state index contributed by atoms with van der Waals surface area (Å²) in [4.78, 5) is 50.0. The van der Waals surface area contributed by atoms with Crippen LogP contribution < -0.4 is 5.32 Å². The van der Waals surface area contributed by atoms with Gasteiger partial charge in [-0.05, 0) is 85.1 Å². The molecule has 1 aromatic carbocycles. The minimum absolute atomic E-state index is 0.119. The van der Waals surface area contributed by atoms with Gasteiger partial charge in [-0.15, -0.1) is 0 Å². The van der Waals surface area contributed by atoms with E-state index in [1.54, 1.807) is 4.90 Å². The van der Waals surface area contributed by atoms with Gasteiger partial charge in [-0.2, -0.15) is 0 Å². The molecule has 0 saturated carbocycles. The van der Waals surface area contributed by atoms with Crippen molar-refractivity contribution in [2.24, 2.45) is 11.8 Å². The molecule has 7 rings (SSSR count). The fourth-order valence-corrected chi connectivity index (χ4v) is 8.90. The topological polar surface area (TPSA) is 118 Å². The molecule has 1 unspecified atom stereocenters. The molecule has 4 fully saturated rings. The van der Waals surface area contributed by atoms with Crippen LogP contribution in [0.1, 0.15) is 63.5 Å². The van der Waals surface area contributed by atoms with Crippen molar-refractivity contribution in [2.75, 3.05) is 20.1 Å². The zero-order valence-corrected chi connectivity index (χ0v) is 25.5. The molecule has 5 aliphatic rings. The van der Waals surface area contributed by atoms with E-state index in [4.69, 9.17) is 4.74 Å². The minimum atomic E-state index is -1.98. The van der Waals surface area contributed by atoms with E-state index in [-0.39, 0.29) is 35.6 Å². The number of nitrogens with one attached hydrogen (secondary N) is 2. The third-order valence-corrected chi connectivity index (χ3v) is 10.8. The number of likely N-dealkylation sites (tertiary alicyclic amines) is 1. The number of aromatic nitrogens is 1. The van der Waals surface area contributed by atoms with Crippen LogP contribution in [0.15, 0.2) is 22.8 Å². The Morgan fingerprint density at radius 3 is 2.85 bits per heavy atom. The molecule has 1 aromatic heterocycles. The molecule has 2 aromatic rings. The average molecular weight is 629 g/mol. The Bertz CT molecular complexity index is 1460. The normalized spacial score (nSPS) is 36.6. The maximum Gasteiger partial charge on any atom is 0.280 e. The Balaban J connectivity index is 1.16. The lowest BCUT2D eigenvalue weighted by Crippen LogP contribution is -2.71. The zero-order valence-electron chi connectivity index (χ0n) is 23.9. The molecule has 5 heterocycles. The highest BCUT2D eigenvalue weighted by molar-refractivity contribution is 9.10. The van der Waals surface area contributed by atoms with E-state index in [0.717, 1.165) is 23.0 Å². The Labute approximate surface area is 247 Å². The van der Waals surface area contributed by atoms with E-state index in [9.17, 15) is 19.5 Å². The van der Waals surface area contributed by atoms with E-state index < -0.39 is 29.6 Å². The first-order valence-electron chi connectivity index (χ1n) is 14.8. The zero-order chi connectivity index (χ0) is 29.0. The van der Waals surface area contributed by atoms with Crippen LogP contribution in [0.4, 0.5) is 0 Å². The number of amides is 3. The highest BCUT2D eigenvalue weighted by atomic mass is 79.9. The van der Waals surface area contributed by atoms with E-state index in [1.807, 2.05) is 13.8 Å². The monoisotopic (exact) mass is 627 g/mol. The Morgan fingerprint density at radius 1 is 1.32 bits per heavy atom. The molecule has 7 atom stereocenters. The number of halogens is 1. The van der Waals surface area contributed by atoms with Crippen LogP contribution >= 0.6 is 15.9 Å². The molecular weight excluding hydrogens is 590 g/mol. The maximum absolute atomic E-state index is 14.0. The summed E-state index contributed by atoms with van der Waals surface area (Å²) < 4.78 is 7.22. The van der Waals surface area contributed by atoms with Crippen LogP contribution in [0, 0.1) is 11.8 Å². The van der Waals surface area contributed by atoms with Crippen LogP contribution in [0.3, 0.4) is 0 Å². The van der Waals surface area contributed by atoms with Gasteiger partial charge < -0.3 is 25.2 Å². The van der Waals surface area contributed by atoms with Gasteiger partial charge in [0.05, 0.1) is 10.5 Å². The molecule has 11 heteroatoms. The second kappa shape index (κ2) is 9.26. The first-order chi connectivity index (χ1) is 19.4. The molecule has 1 aliphatic carbocycles. The van der Waals surface area contributed by atoms with Gasteiger partial charge in [0.1, 0.15) is 12.1 Å². The molecule has 4 saturated heterocycles. The number of aliphatic hydroxyl groups is 1. The summed E-state index contributed by atoms with van der Waals surface area (Å²) in [7, 11) is 2.06. The summed E-state index contributed by atoms with van der Waals surface area (Å²) in [5.74, 6) is -3.07. The van der Waals surface area contributed by atoms with Crippen LogP contribution in [0.25, 0.3) is 10.9 Å². The second-order valence-electron chi connectivity index (χ2n) is 13.2. The number of piperidine rings is 1. The standard InChI is InChI=1S/C30H38BrN5O5/c1-15(2)11-22-27(38)35-10-6-9-23(35)30(40)36(22)28(39)29(3,41-30)33-26(37)16-12-18-17-7-5-8-20-24(17)19(25(31)32-20)13-21(18)34(4)14-16/h5,7-8,15-16,18,21-23,32,40H,6,9-14H2,1-4H3,(H,33,37)/t16-,18-,21-,22+,23+,29?,30+/m1/s1. The molecule has 4 aliphatic heterocycles. The molecular formula is C30H38BrN5O5. The van der Waals surface area contributed by atoms with E-state index in [2.05, 4.69) is 56.4 Å². The second-order valence-corrected chi connectivity index (χ2v) is 14.0. The number of ether oxygens (including phenoxy) is 1. The van der Waals surface area contributed by atoms with Crippen LogP contribution in [-0.4, -0.2) is 92.4 Å². The third kappa shape index (κ3) is 3.88. The van der Waals surface area contributed by atoms with Crippen molar-refractivity contribution in [2.45, 2.75) is 88.6 Å². The molecule has 220 valence electrons. The number of hydrogen-bond acceptors (Lipinski definition) is 6. The first-order valence-corrected chi connectivity index (χ1v) is 15.6. The number of aromatic amines is 1. The number of benzene rings is 1.